The maximum absolute atomic E-state index is 12.6. The van der Waals surface area contributed by atoms with Crippen molar-refractivity contribution in [3.05, 3.63) is 69.7 Å². The van der Waals surface area contributed by atoms with Gasteiger partial charge in [0, 0.05) is 24.6 Å². The molecule has 1 unspecified atom stereocenters. The van der Waals surface area contributed by atoms with E-state index in [1.807, 2.05) is 53.4 Å². The van der Waals surface area contributed by atoms with Gasteiger partial charge in [0.15, 0.2) is 0 Å². The van der Waals surface area contributed by atoms with E-state index in [9.17, 15) is 4.79 Å². The van der Waals surface area contributed by atoms with Gasteiger partial charge < -0.3 is 4.90 Å². The highest BCUT2D eigenvalue weighted by molar-refractivity contribution is 6.42. The summed E-state index contributed by atoms with van der Waals surface area (Å²) in [6.45, 7) is 1.54. The van der Waals surface area contributed by atoms with E-state index in [2.05, 4.69) is 0 Å². The van der Waals surface area contributed by atoms with E-state index >= 15 is 0 Å². The van der Waals surface area contributed by atoms with Crippen molar-refractivity contribution in [2.75, 3.05) is 13.1 Å². The van der Waals surface area contributed by atoms with Crippen LogP contribution < -0.4 is 0 Å². The van der Waals surface area contributed by atoms with Crippen LogP contribution in [0.1, 0.15) is 34.7 Å². The van der Waals surface area contributed by atoms with Gasteiger partial charge in [-0.3, -0.25) is 4.79 Å². The van der Waals surface area contributed by atoms with E-state index in [0.29, 0.717) is 16.0 Å². The van der Waals surface area contributed by atoms with Gasteiger partial charge >= 0.3 is 0 Å². The Bertz CT molecular complexity index is 672. The number of carbonyl (C=O) groups excluding carboxylic acids is 1. The van der Waals surface area contributed by atoms with Gasteiger partial charge in [-0.05, 0) is 42.7 Å². The molecule has 3 rings (SSSR count). The number of hydrogen-bond donors (Lipinski definition) is 0. The second kappa shape index (κ2) is 6.72. The summed E-state index contributed by atoms with van der Waals surface area (Å²) in [4.78, 5) is 14.5. The van der Waals surface area contributed by atoms with E-state index in [1.165, 1.54) is 0 Å². The van der Waals surface area contributed by atoms with Crippen LogP contribution in [0.15, 0.2) is 48.5 Å². The van der Waals surface area contributed by atoms with Crippen LogP contribution in [-0.2, 0) is 0 Å². The quantitative estimate of drug-likeness (QED) is 0.756. The third-order valence-electron chi connectivity index (χ3n) is 4.14. The van der Waals surface area contributed by atoms with Crippen LogP contribution in [0.3, 0.4) is 0 Å². The van der Waals surface area contributed by atoms with Gasteiger partial charge in [-0.25, -0.2) is 0 Å². The number of carbonyl (C=O) groups is 1. The second-order valence-electron chi connectivity index (χ2n) is 5.63. The smallest absolute Gasteiger partial charge is 0.253 e. The third-order valence-corrected chi connectivity index (χ3v) is 4.88. The number of rotatable bonds is 2. The predicted octanol–water partition coefficient (Wildman–Crippen LogP) is 5.01. The molecule has 4 heteroatoms. The normalized spacial score (nSPS) is 18.3. The number of likely N-dealkylation sites (tertiary alicyclic amines) is 1. The zero-order valence-electron chi connectivity index (χ0n) is 12.1. The number of benzene rings is 2. The summed E-state index contributed by atoms with van der Waals surface area (Å²) >= 11 is 12.1. The van der Waals surface area contributed by atoms with Crippen molar-refractivity contribution < 1.29 is 4.79 Å². The lowest BCUT2D eigenvalue weighted by atomic mass is 9.90. The van der Waals surface area contributed by atoms with Gasteiger partial charge in [-0.15, -0.1) is 0 Å². The molecule has 0 aliphatic carbocycles. The summed E-state index contributed by atoms with van der Waals surface area (Å²) in [6, 6.07) is 15.2. The maximum atomic E-state index is 12.6. The molecule has 0 aromatic heterocycles. The lowest BCUT2D eigenvalue weighted by Crippen LogP contribution is -2.39. The van der Waals surface area contributed by atoms with Gasteiger partial charge in [0.2, 0.25) is 0 Å². The van der Waals surface area contributed by atoms with Gasteiger partial charge in [0.25, 0.3) is 5.91 Å². The molecule has 1 atom stereocenters. The second-order valence-corrected chi connectivity index (χ2v) is 6.44. The molecule has 0 saturated carbocycles. The van der Waals surface area contributed by atoms with Gasteiger partial charge in [-0.2, -0.15) is 0 Å². The number of nitrogens with zero attached hydrogens (tertiary/aromatic N) is 1. The molecular weight excluding hydrogens is 317 g/mol. The molecule has 1 aliphatic heterocycles. The van der Waals surface area contributed by atoms with Crippen molar-refractivity contribution in [1.82, 2.24) is 4.90 Å². The minimum absolute atomic E-state index is 0.102. The lowest BCUT2D eigenvalue weighted by molar-refractivity contribution is 0.0707. The summed E-state index contributed by atoms with van der Waals surface area (Å²) in [7, 11) is 0. The van der Waals surface area contributed by atoms with Crippen LogP contribution in [0.4, 0.5) is 0 Å². The standard InChI is InChI=1S/C18H17Cl2NO/c19-16-9-8-14(11-17(16)20)15-7-4-10-21(12-15)18(22)13-5-2-1-3-6-13/h1-3,5-6,8-9,11,15H,4,7,10,12H2. The van der Waals surface area contributed by atoms with E-state index in [4.69, 9.17) is 23.2 Å². The van der Waals surface area contributed by atoms with Gasteiger partial charge in [0.05, 0.1) is 10.0 Å². The highest BCUT2D eigenvalue weighted by Gasteiger charge is 2.25. The van der Waals surface area contributed by atoms with Crippen LogP contribution in [-0.4, -0.2) is 23.9 Å². The minimum Gasteiger partial charge on any atom is -0.338 e. The molecule has 0 bridgehead atoms. The summed E-state index contributed by atoms with van der Waals surface area (Å²) in [5, 5.41) is 1.14. The van der Waals surface area contributed by atoms with Crippen LogP contribution in [0.2, 0.25) is 10.0 Å². The summed E-state index contributed by atoms with van der Waals surface area (Å²) in [6.07, 6.45) is 2.07. The molecule has 1 saturated heterocycles. The van der Waals surface area contributed by atoms with Crippen molar-refractivity contribution in [2.45, 2.75) is 18.8 Å². The molecule has 22 heavy (non-hydrogen) atoms. The predicted molar refractivity (Wildman–Crippen MR) is 90.8 cm³/mol. The molecule has 1 amide bonds. The van der Waals surface area contributed by atoms with Crippen molar-refractivity contribution >= 4 is 29.1 Å². The molecule has 1 fully saturated rings. The van der Waals surface area contributed by atoms with E-state index in [0.717, 1.165) is 37.1 Å². The first-order chi connectivity index (χ1) is 10.6. The monoisotopic (exact) mass is 333 g/mol. The zero-order chi connectivity index (χ0) is 15.5. The average molecular weight is 334 g/mol. The van der Waals surface area contributed by atoms with Crippen LogP contribution in [0, 0.1) is 0 Å². The fourth-order valence-electron chi connectivity index (χ4n) is 2.96. The summed E-state index contributed by atoms with van der Waals surface area (Å²) in [5.41, 5.74) is 1.90. The van der Waals surface area contributed by atoms with Crippen molar-refractivity contribution in [1.29, 1.82) is 0 Å². The highest BCUT2D eigenvalue weighted by atomic mass is 35.5. The van der Waals surface area contributed by atoms with E-state index in [-0.39, 0.29) is 5.91 Å². The fourth-order valence-corrected chi connectivity index (χ4v) is 3.27. The Morgan fingerprint density at radius 3 is 2.55 bits per heavy atom. The van der Waals surface area contributed by atoms with E-state index < -0.39 is 0 Å². The Morgan fingerprint density at radius 1 is 1.05 bits per heavy atom. The molecule has 1 aliphatic rings. The molecule has 0 radical (unpaired) electrons. The topological polar surface area (TPSA) is 20.3 Å². The largest absolute Gasteiger partial charge is 0.338 e. The Morgan fingerprint density at radius 2 is 1.82 bits per heavy atom. The number of amides is 1. The number of hydrogen-bond acceptors (Lipinski definition) is 1. The summed E-state index contributed by atoms with van der Waals surface area (Å²) in [5.74, 6) is 0.418. The minimum atomic E-state index is 0.102. The molecule has 0 N–H and O–H groups in total. The Hall–Kier alpha value is -1.51. The van der Waals surface area contributed by atoms with Crippen molar-refractivity contribution in [3.8, 4) is 0 Å². The zero-order valence-corrected chi connectivity index (χ0v) is 13.6. The molecular formula is C18H17Cl2NO. The van der Waals surface area contributed by atoms with Gasteiger partial charge in [0.1, 0.15) is 0 Å². The SMILES string of the molecule is O=C(c1ccccc1)N1CCCC(c2ccc(Cl)c(Cl)c2)C1. The maximum Gasteiger partial charge on any atom is 0.253 e. The van der Waals surface area contributed by atoms with Gasteiger partial charge in [-0.1, -0.05) is 47.5 Å². The number of halogens is 2. The van der Waals surface area contributed by atoms with E-state index in [1.54, 1.807) is 0 Å². The molecule has 0 spiro atoms. The third kappa shape index (κ3) is 3.29. The van der Waals surface area contributed by atoms with Crippen LogP contribution in [0.5, 0.6) is 0 Å². The first kappa shape index (κ1) is 15.4. The average Bonchev–Trinajstić information content (AvgIpc) is 2.57. The Labute approximate surface area is 140 Å². The first-order valence-electron chi connectivity index (χ1n) is 7.44. The Kier molecular flexibility index (Phi) is 4.70. The molecule has 2 aromatic carbocycles. The molecule has 2 aromatic rings. The fraction of sp³-hybridized carbons (Fsp3) is 0.278. The molecule has 114 valence electrons. The number of piperidine rings is 1. The Balaban J connectivity index is 1.76. The molecule has 1 heterocycles. The first-order valence-corrected chi connectivity index (χ1v) is 8.20. The lowest BCUT2D eigenvalue weighted by Gasteiger charge is -2.33. The highest BCUT2D eigenvalue weighted by Crippen LogP contribution is 2.31. The van der Waals surface area contributed by atoms with Crippen molar-refractivity contribution in [2.24, 2.45) is 0 Å². The van der Waals surface area contributed by atoms with Crippen molar-refractivity contribution in [3.63, 3.8) is 0 Å². The molecule has 2 nitrogen and oxygen atoms in total. The van der Waals surface area contributed by atoms with Crippen LogP contribution >= 0.6 is 23.2 Å². The summed E-state index contributed by atoms with van der Waals surface area (Å²) < 4.78 is 0. The van der Waals surface area contributed by atoms with Crippen LogP contribution in [0.25, 0.3) is 0 Å².